The van der Waals surface area contributed by atoms with Crippen molar-refractivity contribution in [2.45, 2.75) is 18.9 Å². The lowest BCUT2D eigenvalue weighted by Crippen LogP contribution is -3.16. The van der Waals surface area contributed by atoms with E-state index in [2.05, 4.69) is 22.3 Å². The fourth-order valence-corrected chi connectivity index (χ4v) is 3.36. The molecule has 96 valence electrons. The van der Waals surface area contributed by atoms with Gasteiger partial charge in [-0.1, -0.05) is 18.2 Å². The second kappa shape index (κ2) is 5.24. The molecule has 2 fully saturated rings. The van der Waals surface area contributed by atoms with Crippen molar-refractivity contribution in [2.75, 3.05) is 31.5 Å². The van der Waals surface area contributed by atoms with E-state index in [1.807, 2.05) is 18.2 Å². The Bertz CT molecular complexity index is 420. The van der Waals surface area contributed by atoms with E-state index in [0.717, 1.165) is 29.9 Å². The fourth-order valence-electron chi connectivity index (χ4n) is 3.08. The molecule has 0 aliphatic carbocycles. The van der Waals surface area contributed by atoms with Crippen molar-refractivity contribution >= 4 is 23.0 Å². The predicted octanol–water partition coefficient (Wildman–Crippen LogP) is 0.746. The summed E-state index contributed by atoms with van der Waals surface area (Å²) in [6, 6.07) is 11.0. The molecule has 3 rings (SSSR count). The van der Waals surface area contributed by atoms with Gasteiger partial charge in [-0.05, 0) is 24.4 Å². The van der Waals surface area contributed by atoms with Crippen molar-refractivity contribution in [3.8, 4) is 0 Å². The number of fused-ring (bicyclic) bond motifs is 1. The number of rotatable bonds is 1. The summed E-state index contributed by atoms with van der Waals surface area (Å²) >= 11 is 5.52. The van der Waals surface area contributed by atoms with Gasteiger partial charge in [0, 0.05) is 18.5 Å². The second-order valence-corrected chi connectivity index (χ2v) is 5.63. The highest BCUT2D eigenvalue weighted by atomic mass is 32.1. The summed E-state index contributed by atoms with van der Waals surface area (Å²) < 4.78 is 0. The molecule has 0 radical (unpaired) electrons. The van der Waals surface area contributed by atoms with E-state index >= 15 is 0 Å². The highest BCUT2D eigenvalue weighted by molar-refractivity contribution is 7.80. The number of benzene rings is 1. The van der Waals surface area contributed by atoms with Crippen LogP contribution in [0.5, 0.6) is 0 Å². The molecule has 0 bridgehead atoms. The van der Waals surface area contributed by atoms with Crippen LogP contribution < -0.4 is 10.2 Å². The topological polar surface area (TPSA) is 19.7 Å². The van der Waals surface area contributed by atoms with Crippen LogP contribution in [0.1, 0.15) is 12.8 Å². The number of hydrogen-bond acceptors (Lipinski definition) is 1. The lowest BCUT2D eigenvalue weighted by atomic mass is 10.2. The smallest absolute Gasteiger partial charge is 0.173 e. The van der Waals surface area contributed by atoms with E-state index in [1.54, 1.807) is 4.90 Å². The minimum Gasteiger partial charge on any atom is -0.337 e. The summed E-state index contributed by atoms with van der Waals surface area (Å²) in [5.74, 6) is 0. The van der Waals surface area contributed by atoms with E-state index in [-0.39, 0.29) is 0 Å². The molecule has 2 aliphatic rings. The van der Waals surface area contributed by atoms with Crippen LogP contribution in [0.25, 0.3) is 0 Å². The molecule has 2 aliphatic heterocycles. The van der Waals surface area contributed by atoms with Crippen LogP contribution in [0.15, 0.2) is 30.3 Å². The molecule has 0 aromatic heterocycles. The zero-order chi connectivity index (χ0) is 12.4. The maximum Gasteiger partial charge on any atom is 0.173 e. The van der Waals surface area contributed by atoms with Gasteiger partial charge in [0.15, 0.2) is 5.11 Å². The van der Waals surface area contributed by atoms with Crippen molar-refractivity contribution in [3.63, 3.8) is 0 Å². The number of thiocarbonyl (C=S) groups is 1. The maximum absolute atomic E-state index is 5.52. The van der Waals surface area contributed by atoms with Crippen LogP contribution in [0, 0.1) is 0 Å². The Labute approximate surface area is 114 Å². The summed E-state index contributed by atoms with van der Waals surface area (Å²) in [7, 11) is 0. The number of nitrogens with zero attached hydrogens (tertiary/aromatic N) is 1. The molecule has 4 heteroatoms. The largest absolute Gasteiger partial charge is 0.337 e. The first-order valence-corrected chi connectivity index (χ1v) is 7.19. The summed E-state index contributed by atoms with van der Waals surface area (Å²) in [5.41, 5.74) is 1.09. The van der Waals surface area contributed by atoms with E-state index in [0.29, 0.717) is 0 Å². The highest BCUT2D eigenvalue weighted by Crippen LogP contribution is 2.10. The van der Waals surface area contributed by atoms with Crippen LogP contribution in [-0.4, -0.2) is 42.2 Å². The molecule has 2 atom stereocenters. The standard InChI is InChI=1S/C14H19N3S/c18-14(15-12-5-2-1-3-6-12)17-10-9-16-8-4-7-13(16)11-17/h1-3,5-6,13H,4,7-11H2,(H,15,18)/p+1/t13-/m1/s1. The van der Waals surface area contributed by atoms with E-state index < -0.39 is 0 Å². The highest BCUT2D eigenvalue weighted by Gasteiger charge is 2.34. The fraction of sp³-hybridized carbons (Fsp3) is 0.500. The first-order valence-electron chi connectivity index (χ1n) is 6.78. The van der Waals surface area contributed by atoms with E-state index in [4.69, 9.17) is 12.2 Å². The molecule has 3 nitrogen and oxygen atoms in total. The van der Waals surface area contributed by atoms with Gasteiger partial charge >= 0.3 is 0 Å². The third-order valence-corrected chi connectivity index (χ3v) is 4.44. The van der Waals surface area contributed by atoms with Crippen LogP contribution >= 0.6 is 12.2 Å². The lowest BCUT2D eigenvalue weighted by molar-refractivity contribution is -0.916. The van der Waals surface area contributed by atoms with Gasteiger partial charge in [0.25, 0.3) is 0 Å². The lowest BCUT2D eigenvalue weighted by Gasteiger charge is -2.36. The summed E-state index contributed by atoms with van der Waals surface area (Å²) in [4.78, 5) is 4.12. The molecule has 0 saturated carbocycles. The molecule has 1 unspecified atom stereocenters. The molecule has 2 N–H and O–H groups in total. The molecular formula is C14H20N3S+. The van der Waals surface area contributed by atoms with Gasteiger partial charge in [-0.25, -0.2) is 0 Å². The van der Waals surface area contributed by atoms with E-state index in [9.17, 15) is 0 Å². The predicted molar refractivity (Wildman–Crippen MR) is 78.0 cm³/mol. The maximum atomic E-state index is 5.52. The molecule has 1 aromatic rings. The van der Waals surface area contributed by atoms with Crippen LogP contribution in [0.2, 0.25) is 0 Å². The van der Waals surface area contributed by atoms with Crippen molar-refractivity contribution in [1.82, 2.24) is 4.90 Å². The molecule has 2 heterocycles. The van der Waals surface area contributed by atoms with Gasteiger partial charge in [0.1, 0.15) is 6.04 Å². The first kappa shape index (κ1) is 11.9. The van der Waals surface area contributed by atoms with Gasteiger partial charge in [-0.3, -0.25) is 0 Å². The summed E-state index contributed by atoms with van der Waals surface area (Å²) in [6.07, 6.45) is 2.74. The number of nitrogens with one attached hydrogen (secondary N) is 2. The zero-order valence-electron chi connectivity index (χ0n) is 10.6. The van der Waals surface area contributed by atoms with Gasteiger partial charge < -0.3 is 15.1 Å². The average Bonchev–Trinajstić information content (AvgIpc) is 2.87. The Balaban J connectivity index is 1.60. The van der Waals surface area contributed by atoms with E-state index in [1.165, 1.54) is 25.9 Å². The molecule has 2 saturated heterocycles. The van der Waals surface area contributed by atoms with Crippen molar-refractivity contribution in [2.24, 2.45) is 0 Å². The summed E-state index contributed by atoms with van der Waals surface area (Å²) in [6.45, 7) is 4.80. The SMILES string of the molecule is S=C(Nc1ccccc1)N1CC[NH+]2CCC[C@@H]2C1. The monoisotopic (exact) mass is 262 g/mol. The van der Waals surface area contributed by atoms with Gasteiger partial charge in [-0.15, -0.1) is 0 Å². The molecule has 0 amide bonds. The average molecular weight is 262 g/mol. The van der Waals surface area contributed by atoms with Crippen molar-refractivity contribution < 1.29 is 4.90 Å². The Kier molecular flexibility index (Phi) is 3.48. The Hall–Kier alpha value is -1.13. The number of quaternary nitrogens is 1. The van der Waals surface area contributed by atoms with Gasteiger partial charge in [0.2, 0.25) is 0 Å². The molecule has 0 spiro atoms. The van der Waals surface area contributed by atoms with Gasteiger partial charge in [0.05, 0.1) is 26.2 Å². The molecular weight excluding hydrogens is 242 g/mol. The van der Waals surface area contributed by atoms with Crippen LogP contribution in [0.4, 0.5) is 5.69 Å². The number of piperazine rings is 1. The third kappa shape index (κ3) is 2.49. The number of hydrogen-bond donors (Lipinski definition) is 2. The minimum atomic E-state index is 0.800. The molecule has 18 heavy (non-hydrogen) atoms. The van der Waals surface area contributed by atoms with Crippen LogP contribution in [0.3, 0.4) is 0 Å². The second-order valence-electron chi connectivity index (χ2n) is 5.24. The third-order valence-electron chi connectivity index (χ3n) is 4.08. The summed E-state index contributed by atoms with van der Waals surface area (Å²) in [5, 5.41) is 4.22. The Morgan fingerprint density at radius 3 is 2.94 bits per heavy atom. The van der Waals surface area contributed by atoms with Gasteiger partial charge in [-0.2, -0.15) is 0 Å². The first-order chi connectivity index (χ1) is 8.83. The molecule has 1 aromatic carbocycles. The van der Waals surface area contributed by atoms with Crippen molar-refractivity contribution in [3.05, 3.63) is 30.3 Å². The van der Waals surface area contributed by atoms with Crippen molar-refractivity contribution in [1.29, 1.82) is 0 Å². The normalized spacial score (nSPS) is 26.8. The Morgan fingerprint density at radius 2 is 2.11 bits per heavy atom. The zero-order valence-corrected chi connectivity index (χ0v) is 11.4. The quantitative estimate of drug-likeness (QED) is 0.729. The van der Waals surface area contributed by atoms with Crippen LogP contribution in [-0.2, 0) is 0 Å². The Morgan fingerprint density at radius 1 is 1.28 bits per heavy atom. The number of para-hydroxylation sites is 1. The number of anilines is 1. The minimum absolute atomic E-state index is 0.800.